The van der Waals surface area contributed by atoms with Gasteiger partial charge in [0.25, 0.3) is 0 Å². The summed E-state index contributed by atoms with van der Waals surface area (Å²) in [6.45, 7) is 7.70. The molecule has 2 saturated heterocycles. The summed E-state index contributed by atoms with van der Waals surface area (Å²) in [5, 5.41) is 9.55. The molecule has 2 unspecified atom stereocenters. The highest BCUT2D eigenvalue weighted by Gasteiger charge is 2.36. The molecule has 16 heavy (non-hydrogen) atoms. The Hall–Kier alpha value is -0.160. The zero-order valence-corrected chi connectivity index (χ0v) is 10.2. The molecule has 0 amide bonds. The summed E-state index contributed by atoms with van der Waals surface area (Å²) in [4.78, 5) is 2.42. The van der Waals surface area contributed by atoms with E-state index in [4.69, 9.17) is 9.47 Å². The molecule has 0 aromatic carbocycles. The first-order valence-electron chi connectivity index (χ1n) is 6.27. The molecule has 2 fully saturated rings. The topological polar surface area (TPSA) is 41.9 Å². The Kier molecular flexibility index (Phi) is 4.19. The van der Waals surface area contributed by atoms with Crippen LogP contribution in [0.1, 0.15) is 19.8 Å². The van der Waals surface area contributed by atoms with Crippen molar-refractivity contribution in [1.29, 1.82) is 0 Å². The smallest absolute Gasteiger partial charge is 0.0673 e. The van der Waals surface area contributed by atoms with Crippen LogP contribution in [0.15, 0.2) is 0 Å². The largest absolute Gasteiger partial charge is 0.396 e. The van der Waals surface area contributed by atoms with Gasteiger partial charge in [-0.15, -0.1) is 0 Å². The lowest BCUT2D eigenvalue weighted by Crippen LogP contribution is -2.43. The molecule has 2 heterocycles. The van der Waals surface area contributed by atoms with Gasteiger partial charge in [-0.25, -0.2) is 0 Å². The van der Waals surface area contributed by atoms with Gasteiger partial charge in [-0.2, -0.15) is 0 Å². The summed E-state index contributed by atoms with van der Waals surface area (Å²) in [5.74, 6) is 0. The van der Waals surface area contributed by atoms with Gasteiger partial charge >= 0.3 is 0 Å². The van der Waals surface area contributed by atoms with E-state index in [0.29, 0.717) is 12.7 Å². The lowest BCUT2D eigenvalue weighted by Gasteiger charge is -2.32. The average molecular weight is 229 g/mol. The maximum absolute atomic E-state index is 9.55. The molecular weight excluding hydrogens is 206 g/mol. The van der Waals surface area contributed by atoms with Gasteiger partial charge in [-0.05, 0) is 19.8 Å². The second-order valence-electron chi connectivity index (χ2n) is 5.23. The summed E-state index contributed by atoms with van der Waals surface area (Å²) >= 11 is 0. The maximum atomic E-state index is 9.55. The summed E-state index contributed by atoms with van der Waals surface area (Å²) < 4.78 is 11.1. The SMILES string of the molecule is CC1CN(CC2(CO)CCOC2)CCCO1. The normalized spacial score (nSPS) is 37.5. The van der Waals surface area contributed by atoms with Crippen molar-refractivity contribution < 1.29 is 14.6 Å². The van der Waals surface area contributed by atoms with E-state index in [9.17, 15) is 5.11 Å². The van der Waals surface area contributed by atoms with Gasteiger partial charge in [0.1, 0.15) is 0 Å². The van der Waals surface area contributed by atoms with Gasteiger partial charge in [0.15, 0.2) is 0 Å². The number of aliphatic hydroxyl groups excluding tert-OH is 1. The highest BCUT2D eigenvalue weighted by molar-refractivity contribution is 4.86. The van der Waals surface area contributed by atoms with Crippen LogP contribution in [-0.2, 0) is 9.47 Å². The van der Waals surface area contributed by atoms with E-state index in [2.05, 4.69) is 11.8 Å². The second kappa shape index (κ2) is 5.45. The molecule has 1 N–H and O–H groups in total. The van der Waals surface area contributed by atoms with Gasteiger partial charge < -0.3 is 14.6 Å². The van der Waals surface area contributed by atoms with Crippen LogP contribution in [-0.4, -0.2) is 62.2 Å². The zero-order valence-electron chi connectivity index (χ0n) is 10.2. The molecule has 2 aliphatic rings. The van der Waals surface area contributed by atoms with Crippen molar-refractivity contribution in [2.24, 2.45) is 5.41 Å². The van der Waals surface area contributed by atoms with E-state index < -0.39 is 0 Å². The Bertz CT molecular complexity index is 216. The monoisotopic (exact) mass is 229 g/mol. The van der Waals surface area contributed by atoms with Crippen molar-refractivity contribution in [3.8, 4) is 0 Å². The van der Waals surface area contributed by atoms with Gasteiger partial charge in [0, 0.05) is 38.3 Å². The van der Waals surface area contributed by atoms with Gasteiger partial charge in [-0.3, -0.25) is 4.90 Å². The molecule has 0 radical (unpaired) electrons. The molecule has 2 atom stereocenters. The first kappa shape index (κ1) is 12.3. The van der Waals surface area contributed by atoms with Gasteiger partial charge in [0.2, 0.25) is 0 Å². The fourth-order valence-corrected chi connectivity index (χ4v) is 2.65. The van der Waals surface area contributed by atoms with E-state index >= 15 is 0 Å². The molecule has 0 spiro atoms. The molecular formula is C12H23NO3. The summed E-state index contributed by atoms with van der Waals surface area (Å²) in [7, 11) is 0. The van der Waals surface area contributed by atoms with Crippen molar-refractivity contribution in [2.75, 3.05) is 46.1 Å². The molecule has 0 aromatic heterocycles. The Morgan fingerprint density at radius 2 is 2.31 bits per heavy atom. The Balaban J connectivity index is 1.91. The number of hydrogen-bond donors (Lipinski definition) is 1. The zero-order chi connectivity index (χ0) is 11.4. The molecule has 2 rings (SSSR count). The standard InChI is InChI=1S/C12H23NO3/c1-11-7-13(4-2-5-16-11)8-12(9-14)3-6-15-10-12/h11,14H,2-10H2,1H3. The summed E-state index contributed by atoms with van der Waals surface area (Å²) in [6.07, 6.45) is 2.38. The Morgan fingerprint density at radius 3 is 3.00 bits per heavy atom. The number of nitrogens with zero attached hydrogens (tertiary/aromatic N) is 1. The molecule has 0 aromatic rings. The third-order valence-electron chi connectivity index (χ3n) is 3.62. The van der Waals surface area contributed by atoms with Crippen molar-refractivity contribution in [1.82, 2.24) is 4.90 Å². The van der Waals surface area contributed by atoms with Crippen LogP contribution in [0.5, 0.6) is 0 Å². The minimum Gasteiger partial charge on any atom is -0.396 e. The van der Waals surface area contributed by atoms with Gasteiger partial charge in [0.05, 0.1) is 19.3 Å². The van der Waals surface area contributed by atoms with Crippen LogP contribution in [0.3, 0.4) is 0 Å². The molecule has 94 valence electrons. The van der Waals surface area contributed by atoms with Crippen LogP contribution >= 0.6 is 0 Å². The fourth-order valence-electron chi connectivity index (χ4n) is 2.65. The number of hydrogen-bond acceptors (Lipinski definition) is 4. The van der Waals surface area contributed by atoms with Crippen LogP contribution in [0, 0.1) is 5.41 Å². The highest BCUT2D eigenvalue weighted by Crippen LogP contribution is 2.29. The number of aliphatic hydroxyl groups is 1. The minimum absolute atomic E-state index is 0.0238. The molecule has 0 aliphatic carbocycles. The summed E-state index contributed by atoms with van der Waals surface area (Å²) in [5.41, 5.74) is -0.0238. The third-order valence-corrected chi connectivity index (χ3v) is 3.62. The van der Waals surface area contributed by atoms with Crippen molar-refractivity contribution in [3.05, 3.63) is 0 Å². The predicted octanol–water partition coefficient (Wildman–Crippen LogP) is 0.496. The maximum Gasteiger partial charge on any atom is 0.0673 e. The lowest BCUT2D eigenvalue weighted by molar-refractivity contribution is 0.0370. The number of ether oxygens (including phenoxy) is 2. The van der Waals surface area contributed by atoms with Crippen molar-refractivity contribution in [3.63, 3.8) is 0 Å². The quantitative estimate of drug-likeness (QED) is 0.765. The predicted molar refractivity (Wildman–Crippen MR) is 61.4 cm³/mol. The summed E-state index contributed by atoms with van der Waals surface area (Å²) in [6, 6.07) is 0. The van der Waals surface area contributed by atoms with E-state index in [1.807, 2.05) is 0 Å². The Labute approximate surface area is 97.5 Å². The van der Waals surface area contributed by atoms with Gasteiger partial charge in [-0.1, -0.05) is 0 Å². The van der Waals surface area contributed by atoms with Crippen molar-refractivity contribution >= 4 is 0 Å². The third kappa shape index (κ3) is 2.94. The average Bonchev–Trinajstić information content (AvgIpc) is 2.64. The molecule has 4 nitrogen and oxygen atoms in total. The molecule has 0 bridgehead atoms. The fraction of sp³-hybridized carbons (Fsp3) is 1.00. The van der Waals surface area contributed by atoms with E-state index in [1.165, 1.54) is 0 Å². The van der Waals surface area contributed by atoms with Crippen molar-refractivity contribution in [2.45, 2.75) is 25.9 Å². The van der Waals surface area contributed by atoms with E-state index in [0.717, 1.165) is 45.7 Å². The molecule has 4 heteroatoms. The van der Waals surface area contributed by atoms with E-state index in [-0.39, 0.29) is 12.0 Å². The lowest BCUT2D eigenvalue weighted by atomic mass is 9.87. The first-order valence-corrected chi connectivity index (χ1v) is 6.27. The van der Waals surface area contributed by atoms with E-state index in [1.54, 1.807) is 0 Å². The van der Waals surface area contributed by atoms with Crippen LogP contribution in [0.25, 0.3) is 0 Å². The van der Waals surface area contributed by atoms with Crippen LogP contribution in [0.2, 0.25) is 0 Å². The number of rotatable bonds is 3. The highest BCUT2D eigenvalue weighted by atomic mass is 16.5. The van der Waals surface area contributed by atoms with Crippen LogP contribution in [0.4, 0.5) is 0 Å². The van der Waals surface area contributed by atoms with Crippen LogP contribution < -0.4 is 0 Å². The molecule has 0 saturated carbocycles. The Morgan fingerprint density at radius 1 is 1.44 bits per heavy atom. The molecule has 2 aliphatic heterocycles. The second-order valence-corrected chi connectivity index (χ2v) is 5.23. The first-order chi connectivity index (χ1) is 7.74. The minimum atomic E-state index is -0.0238.